The lowest BCUT2D eigenvalue weighted by Gasteiger charge is -2.09. The number of carbonyl (C=O) groups excluding carboxylic acids is 2. The smallest absolute Gasteiger partial charge is 0.358 e. The minimum Gasteiger partial charge on any atom is -0.469 e. The quantitative estimate of drug-likeness (QED) is 0.589. The molecule has 1 atom stereocenters. The van der Waals surface area contributed by atoms with Crippen LogP contribution in [0.5, 0.6) is 0 Å². The summed E-state index contributed by atoms with van der Waals surface area (Å²) in [6.45, 7) is 1.87. The van der Waals surface area contributed by atoms with Gasteiger partial charge >= 0.3 is 11.9 Å². The fourth-order valence-corrected chi connectivity index (χ4v) is 2.08. The van der Waals surface area contributed by atoms with E-state index in [0.717, 1.165) is 0 Å². The molecule has 0 spiro atoms. The van der Waals surface area contributed by atoms with Crippen LogP contribution < -0.4 is 0 Å². The molecule has 98 valence electrons. The molecule has 0 radical (unpaired) electrons. The third-order valence-corrected chi connectivity index (χ3v) is 3.02. The average Bonchev–Trinajstić information content (AvgIpc) is 2.37. The van der Waals surface area contributed by atoms with Crippen LogP contribution in [-0.2, 0) is 14.3 Å². The van der Waals surface area contributed by atoms with Crippen molar-refractivity contribution >= 4 is 23.7 Å². The molecule has 0 fully saturated rings. The lowest BCUT2D eigenvalue weighted by molar-refractivity contribution is -0.140. The number of rotatable bonds is 5. The molecule has 0 aliphatic rings. The fraction of sp³-hybridized carbons (Fsp3) is 0.455. The molecule has 1 heterocycles. The van der Waals surface area contributed by atoms with Crippen molar-refractivity contribution in [2.45, 2.75) is 23.6 Å². The Morgan fingerprint density at radius 2 is 2.06 bits per heavy atom. The fourth-order valence-electron chi connectivity index (χ4n) is 1.17. The number of nitrogens with zero attached hydrogens (tertiary/aromatic N) is 2. The molecule has 7 heteroatoms. The first-order valence-corrected chi connectivity index (χ1v) is 6.08. The van der Waals surface area contributed by atoms with Gasteiger partial charge in [0.2, 0.25) is 0 Å². The normalized spacial score (nSPS) is 11.7. The number of thioether (sulfide) groups is 1. The summed E-state index contributed by atoms with van der Waals surface area (Å²) >= 11 is 1.35. The van der Waals surface area contributed by atoms with Crippen molar-refractivity contribution in [2.75, 3.05) is 14.2 Å². The Bertz CT molecular complexity index is 439. The van der Waals surface area contributed by atoms with Gasteiger partial charge in [0.05, 0.1) is 33.0 Å². The maximum Gasteiger partial charge on any atom is 0.358 e. The van der Waals surface area contributed by atoms with Crippen LogP contribution in [0.3, 0.4) is 0 Å². The predicted octanol–water partition coefficient (Wildman–Crippen LogP) is 1.31. The topological polar surface area (TPSA) is 78.4 Å². The summed E-state index contributed by atoms with van der Waals surface area (Å²) in [7, 11) is 2.63. The largest absolute Gasteiger partial charge is 0.469 e. The molecule has 0 N–H and O–H groups in total. The molecule has 0 aliphatic carbocycles. The van der Waals surface area contributed by atoms with E-state index in [9.17, 15) is 9.59 Å². The number of hydrogen-bond donors (Lipinski definition) is 0. The molecule has 0 bridgehead atoms. The van der Waals surface area contributed by atoms with E-state index in [1.54, 1.807) is 0 Å². The monoisotopic (exact) mass is 270 g/mol. The van der Waals surface area contributed by atoms with E-state index in [2.05, 4.69) is 19.4 Å². The van der Waals surface area contributed by atoms with E-state index in [0.29, 0.717) is 5.03 Å². The van der Waals surface area contributed by atoms with Gasteiger partial charge in [0, 0.05) is 5.25 Å². The summed E-state index contributed by atoms with van der Waals surface area (Å²) in [5.41, 5.74) is 0.146. The molecule has 0 aliphatic heterocycles. The van der Waals surface area contributed by atoms with Gasteiger partial charge < -0.3 is 9.47 Å². The molecule has 1 unspecified atom stereocenters. The number of esters is 2. The second-order valence-corrected chi connectivity index (χ2v) is 4.90. The second kappa shape index (κ2) is 6.95. The van der Waals surface area contributed by atoms with E-state index in [4.69, 9.17) is 0 Å². The molecular weight excluding hydrogens is 256 g/mol. The van der Waals surface area contributed by atoms with Gasteiger partial charge in [-0.1, -0.05) is 6.92 Å². The van der Waals surface area contributed by atoms with Gasteiger partial charge in [-0.2, -0.15) is 0 Å². The summed E-state index contributed by atoms with van der Waals surface area (Å²) in [5, 5.41) is 0.550. The first kappa shape index (κ1) is 14.4. The highest BCUT2D eigenvalue weighted by atomic mass is 32.2. The van der Waals surface area contributed by atoms with E-state index in [-0.39, 0.29) is 23.3 Å². The van der Waals surface area contributed by atoms with Crippen LogP contribution in [0.25, 0.3) is 0 Å². The first-order chi connectivity index (χ1) is 8.56. The summed E-state index contributed by atoms with van der Waals surface area (Å²) in [6, 6.07) is 0. The Morgan fingerprint density at radius 3 is 2.67 bits per heavy atom. The summed E-state index contributed by atoms with van der Waals surface area (Å²) < 4.78 is 9.13. The minimum absolute atomic E-state index is 0.0142. The Morgan fingerprint density at radius 1 is 1.33 bits per heavy atom. The molecular formula is C11H14N2O4S. The van der Waals surface area contributed by atoms with E-state index in [1.165, 1.54) is 38.4 Å². The third-order valence-electron chi connectivity index (χ3n) is 2.01. The highest BCUT2D eigenvalue weighted by Crippen LogP contribution is 2.23. The standard InChI is InChI=1S/C11H14N2O4S/c1-7(4-10(14)16-2)18-9-6-12-5-8(13-9)11(15)17-3/h5-7H,4H2,1-3H3. The molecule has 18 heavy (non-hydrogen) atoms. The maximum atomic E-state index is 11.3. The average molecular weight is 270 g/mol. The molecule has 0 amide bonds. The van der Waals surface area contributed by atoms with Crippen LogP contribution in [-0.4, -0.2) is 41.4 Å². The van der Waals surface area contributed by atoms with Crippen LogP contribution in [0.2, 0.25) is 0 Å². The Labute approximate surface area is 109 Å². The number of ether oxygens (including phenoxy) is 2. The van der Waals surface area contributed by atoms with Crippen molar-refractivity contribution in [3.05, 3.63) is 18.1 Å². The maximum absolute atomic E-state index is 11.3. The van der Waals surface area contributed by atoms with E-state index in [1.807, 2.05) is 6.92 Å². The van der Waals surface area contributed by atoms with Crippen LogP contribution in [0.15, 0.2) is 17.4 Å². The molecule has 0 saturated heterocycles. The van der Waals surface area contributed by atoms with Crippen molar-refractivity contribution in [2.24, 2.45) is 0 Å². The van der Waals surface area contributed by atoms with Gasteiger partial charge in [-0.25, -0.2) is 9.78 Å². The summed E-state index contributed by atoms with van der Waals surface area (Å²) in [5.74, 6) is -0.822. The van der Waals surface area contributed by atoms with Crippen LogP contribution >= 0.6 is 11.8 Å². The number of methoxy groups -OCH3 is 2. The molecule has 1 aromatic rings. The Kier molecular flexibility index (Phi) is 5.57. The highest BCUT2D eigenvalue weighted by Gasteiger charge is 2.14. The zero-order valence-electron chi connectivity index (χ0n) is 10.4. The number of carbonyl (C=O) groups is 2. The van der Waals surface area contributed by atoms with Crippen LogP contribution in [0, 0.1) is 0 Å². The predicted molar refractivity (Wildman–Crippen MR) is 65.3 cm³/mol. The van der Waals surface area contributed by atoms with Crippen LogP contribution in [0.1, 0.15) is 23.8 Å². The molecule has 6 nitrogen and oxygen atoms in total. The van der Waals surface area contributed by atoms with Crippen molar-refractivity contribution in [3.8, 4) is 0 Å². The molecule has 1 aromatic heterocycles. The molecule has 1 rings (SSSR count). The molecule has 0 aromatic carbocycles. The van der Waals surface area contributed by atoms with Crippen molar-refractivity contribution < 1.29 is 19.1 Å². The van der Waals surface area contributed by atoms with Gasteiger partial charge in [-0.3, -0.25) is 9.78 Å². The minimum atomic E-state index is -0.537. The molecule has 0 saturated carbocycles. The van der Waals surface area contributed by atoms with E-state index >= 15 is 0 Å². The third kappa shape index (κ3) is 4.33. The van der Waals surface area contributed by atoms with E-state index < -0.39 is 5.97 Å². The second-order valence-electron chi connectivity index (χ2n) is 3.44. The Hall–Kier alpha value is -1.63. The summed E-state index contributed by atoms with van der Waals surface area (Å²) in [6.07, 6.45) is 3.14. The lowest BCUT2D eigenvalue weighted by Crippen LogP contribution is -2.10. The van der Waals surface area contributed by atoms with Gasteiger partial charge in [-0.05, 0) is 0 Å². The van der Waals surface area contributed by atoms with Gasteiger partial charge in [0.1, 0.15) is 5.03 Å². The SMILES string of the molecule is COC(=O)CC(C)Sc1cncc(C(=O)OC)n1. The number of hydrogen-bond acceptors (Lipinski definition) is 7. The van der Waals surface area contributed by atoms with Crippen molar-refractivity contribution in [1.82, 2.24) is 9.97 Å². The van der Waals surface area contributed by atoms with Crippen molar-refractivity contribution in [1.29, 1.82) is 0 Å². The van der Waals surface area contributed by atoms with Crippen molar-refractivity contribution in [3.63, 3.8) is 0 Å². The first-order valence-electron chi connectivity index (χ1n) is 5.20. The van der Waals surface area contributed by atoms with Gasteiger partial charge in [-0.15, -0.1) is 11.8 Å². The van der Waals surface area contributed by atoms with Crippen LogP contribution in [0.4, 0.5) is 0 Å². The zero-order valence-corrected chi connectivity index (χ0v) is 11.2. The lowest BCUT2D eigenvalue weighted by atomic mass is 10.3. The van der Waals surface area contributed by atoms with Gasteiger partial charge in [0.15, 0.2) is 5.69 Å². The highest BCUT2D eigenvalue weighted by molar-refractivity contribution is 7.99. The zero-order chi connectivity index (χ0) is 13.5. The van der Waals surface area contributed by atoms with Gasteiger partial charge in [0.25, 0.3) is 0 Å². The summed E-state index contributed by atoms with van der Waals surface area (Å²) in [4.78, 5) is 30.4. The Balaban J connectivity index is 2.67. The number of aromatic nitrogens is 2.